The van der Waals surface area contributed by atoms with E-state index in [0.717, 1.165) is 18.2 Å². The first kappa shape index (κ1) is 14.9. The van der Waals surface area contributed by atoms with Gasteiger partial charge in [-0.05, 0) is 37.0 Å². The highest BCUT2D eigenvalue weighted by molar-refractivity contribution is 6.32. The third-order valence-electron chi connectivity index (χ3n) is 4.37. The van der Waals surface area contributed by atoms with E-state index in [1.54, 1.807) is 14.2 Å². The zero-order valence-corrected chi connectivity index (χ0v) is 13.4. The van der Waals surface area contributed by atoms with E-state index < -0.39 is 0 Å². The summed E-state index contributed by atoms with van der Waals surface area (Å²) in [5.41, 5.74) is 1.13. The molecule has 0 spiro atoms. The summed E-state index contributed by atoms with van der Waals surface area (Å²) in [5, 5.41) is 4.23. The number of nitrogens with one attached hydrogen (secondary N) is 1. The summed E-state index contributed by atoms with van der Waals surface area (Å²) >= 11 is 6.24. The van der Waals surface area contributed by atoms with Crippen molar-refractivity contribution in [3.05, 3.63) is 22.7 Å². The van der Waals surface area contributed by atoms with Gasteiger partial charge in [-0.25, -0.2) is 0 Å². The van der Waals surface area contributed by atoms with E-state index in [-0.39, 0.29) is 0 Å². The van der Waals surface area contributed by atoms with E-state index in [1.807, 2.05) is 12.1 Å². The molecular weight excluding hydrogens is 288 g/mol. The van der Waals surface area contributed by atoms with Gasteiger partial charge >= 0.3 is 0 Å². The Morgan fingerprint density at radius 3 is 2.71 bits per heavy atom. The van der Waals surface area contributed by atoms with Gasteiger partial charge in [-0.15, -0.1) is 0 Å². The summed E-state index contributed by atoms with van der Waals surface area (Å²) in [7, 11) is 3.24. The fourth-order valence-electron chi connectivity index (χ4n) is 3.06. The van der Waals surface area contributed by atoms with Crippen molar-refractivity contribution in [1.82, 2.24) is 10.2 Å². The number of ether oxygens (including phenoxy) is 2. The van der Waals surface area contributed by atoms with Crippen LogP contribution in [0, 0.1) is 0 Å². The molecule has 1 aliphatic carbocycles. The summed E-state index contributed by atoms with van der Waals surface area (Å²) in [5.74, 6) is 1.29. The molecule has 4 nitrogen and oxygen atoms in total. The average Bonchev–Trinajstić information content (AvgIpc) is 3.23. The molecule has 1 aromatic carbocycles. The first-order valence-corrected chi connectivity index (χ1v) is 7.97. The van der Waals surface area contributed by atoms with Crippen molar-refractivity contribution in [2.75, 3.05) is 27.3 Å². The Hall–Kier alpha value is -0.970. The third kappa shape index (κ3) is 3.44. The lowest BCUT2D eigenvalue weighted by Gasteiger charge is -2.17. The number of methoxy groups -OCH3 is 2. The number of nitrogens with zero attached hydrogens (tertiary/aromatic N) is 1. The van der Waals surface area contributed by atoms with Crippen molar-refractivity contribution in [3.8, 4) is 11.5 Å². The molecule has 0 bridgehead atoms. The monoisotopic (exact) mass is 310 g/mol. The lowest BCUT2D eigenvalue weighted by Crippen LogP contribution is -2.32. The van der Waals surface area contributed by atoms with Crippen LogP contribution in [0.1, 0.15) is 24.8 Å². The zero-order chi connectivity index (χ0) is 14.8. The summed E-state index contributed by atoms with van der Waals surface area (Å²) in [4.78, 5) is 2.61. The van der Waals surface area contributed by atoms with Gasteiger partial charge in [0.15, 0.2) is 11.5 Å². The Balaban J connectivity index is 1.58. The second-order valence-corrected chi connectivity index (χ2v) is 6.31. The summed E-state index contributed by atoms with van der Waals surface area (Å²) in [6, 6.07) is 5.39. The van der Waals surface area contributed by atoms with Crippen LogP contribution in [0.25, 0.3) is 0 Å². The Kier molecular flexibility index (Phi) is 4.57. The van der Waals surface area contributed by atoms with Crippen LogP contribution in [0.3, 0.4) is 0 Å². The van der Waals surface area contributed by atoms with Gasteiger partial charge in [0.2, 0.25) is 0 Å². The van der Waals surface area contributed by atoms with E-state index >= 15 is 0 Å². The lowest BCUT2D eigenvalue weighted by molar-refractivity contribution is 0.317. The van der Waals surface area contributed by atoms with Crippen LogP contribution < -0.4 is 14.8 Å². The molecule has 2 aliphatic rings. The van der Waals surface area contributed by atoms with E-state index in [1.165, 1.54) is 32.4 Å². The Labute approximate surface area is 131 Å². The number of rotatable bonds is 6. The predicted octanol–water partition coefficient (Wildman–Crippen LogP) is 2.68. The smallest absolute Gasteiger partial charge is 0.179 e. The van der Waals surface area contributed by atoms with Crippen LogP contribution in [0.5, 0.6) is 11.5 Å². The second kappa shape index (κ2) is 6.42. The SMILES string of the molecule is COc1cc(CNC2CCN(C3CC3)C2)cc(Cl)c1OC. The van der Waals surface area contributed by atoms with E-state index in [4.69, 9.17) is 21.1 Å². The summed E-state index contributed by atoms with van der Waals surface area (Å²) in [6.45, 7) is 3.21. The number of halogens is 1. The maximum absolute atomic E-state index is 6.24. The number of hydrogen-bond donors (Lipinski definition) is 1. The fourth-order valence-corrected chi connectivity index (χ4v) is 3.37. The summed E-state index contributed by atoms with van der Waals surface area (Å²) in [6.07, 6.45) is 4.01. The van der Waals surface area contributed by atoms with Crippen LogP contribution in [0.15, 0.2) is 12.1 Å². The maximum Gasteiger partial charge on any atom is 0.179 e. The molecule has 1 saturated heterocycles. The third-order valence-corrected chi connectivity index (χ3v) is 4.65. The van der Waals surface area contributed by atoms with Gasteiger partial charge in [0.1, 0.15) is 0 Å². The van der Waals surface area contributed by atoms with Gasteiger partial charge < -0.3 is 14.8 Å². The molecule has 1 atom stereocenters. The minimum atomic E-state index is 0.581. The molecule has 1 saturated carbocycles. The molecule has 0 aromatic heterocycles. The molecule has 0 amide bonds. The molecule has 1 unspecified atom stereocenters. The van der Waals surface area contributed by atoms with Crippen molar-refractivity contribution in [2.24, 2.45) is 0 Å². The first-order chi connectivity index (χ1) is 10.2. The number of benzene rings is 1. The minimum Gasteiger partial charge on any atom is -0.493 e. The van der Waals surface area contributed by atoms with Gasteiger partial charge in [0.05, 0.1) is 19.2 Å². The van der Waals surface area contributed by atoms with Crippen molar-refractivity contribution in [1.29, 1.82) is 0 Å². The van der Waals surface area contributed by atoms with Gasteiger partial charge in [0, 0.05) is 31.7 Å². The summed E-state index contributed by atoms with van der Waals surface area (Å²) < 4.78 is 10.6. The molecule has 1 N–H and O–H groups in total. The largest absolute Gasteiger partial charge is 0.493 e. The highest BCUT2D eigenvalue weighted by Crippen LogP contribution is 2.36. The average molecular weight is 311 g/mol. The normalized spacial score (nSPS) is 22.5. The van der Waals surface area contributed by atoms with E-state index in [0.29, 0.717) is 22.6 Å². The molecule has 1 aromatic rings. The molecule has 2 fully saturated rings. The minimum absolute atomic E-state index is 0.581. The molecule has 1 aliphatic heterocycles. The highest BCUT2D eigenvalue weighted by Gasteiger charge is 2.34. The lowest BCUT2D eigenvalue weighted by atomic mass is 10.1. The number of hydrogen-bond acceptors (Lipinski definition) is 4. The highest BCUT2D eigenvalue weighted by atomic mass is 35.5. The van der Waals surface area contributed by atoms with Crippen LogP contribution >= 0.6 is 11.6 Å². The first-order valence-electron chi connectivity index (χ1n) is 7.59. The van der Waals surface area contributed by atoms with Crippen LogP contribution in [0.2, 0.25) is 5.02 Å². The predicted molar refractivity (Wildman–Crippen MR) is 84.4 cm³/mol. The molecular formula is C16H23ClN2O2. The standard InChI is InChI=1S/C16H23ClN2O2/c1-20-15-8-11(7-14(17)16(15)21-2)9-18-12-5-6-19(10-12)13-3-4-13/h7-8,12-13,18H,3-6,9-10H2,1-2H3. The van der Waals surface area contributed by atoms with Crippen molar-refractivity contribution < 1.29 is 9.47 Å². The quantitative estimate of drug-likeness (QED) is 0.876. The maximum atomic E-state index is 6.24. The van der Waals surface area contributed by atoms with Crippen molar-refractivity contribution in [3.63, 3.8) is 0 Å². The molecule has 3 rings (SSSR count). The van der Waals surface area contributed by atoms with Gasteiger partial charge in [-0.1, -0.05) is 11.6 Å². The molecule has 0 radical (unpaired) electrons. The Morgan fingerprint density at radius 1 is 1.24 bits per heavy atom. The molecule has 21 heavy (non-hydrogen) atoms. The Bertz CT molecular complexity index is 505. The molecule has 1 heterocycles. The van der Waals surface area contributed by atoms with Crippen molar-refractivity contribution >= 4 is 11.6 Å². The fraction of sp³-hybridized carbons (Fsp3) is 0.625. The van der Waals surface area contributed by atoms with Gasteiger partial charge in [-0.2, -0.15) is 0 Å². The topological polar surface area (TPSA) is 33.7 Å². The van der Waals surface area contributed by atoms with Gasteiger partial charge in [-0.3, -0.25) is 4.90 Å². The zero-order valence-electron chi connectivity index (χ0n) is 12.7. The second-order valence-electron chi connectivity index (χ2n) is 5.91. The van der Waals surface area contributed by atoms with E-state index in [2.05, 4.69) is 10.2 Å². The Morgan fingerprint density at radius 2 is 2.05 bits per heavy atom. The van der Waals surface area contributed by atoms with E-state index in [9.17, 15) is 0 Å². The van der Waals surface area contributed by atoms with Crippen LogP contribution in [-0.4, -0.2) is 44.3 Å². The van der Waals surface area contributed by atoms with Crippen LogP contribution in [0.4, 0.5) is 0 Å². The molecule has 116 valence electrons. The number of likely N-dealkylation sites (tertiary alicyclic amines) is 1. The van der Waals surface area contributed by atoms with Crippen LogP contribution in [-0.2, 0) is 6.54 Å². The van der Waals surface area contributed by atoms with Gasteiger partial charge in [0.25, 0.3) is 0 Å². The van der Waals surface area contributed by atoms with Crippen molar-refractivity contribution in [2.45, 2.75) is 37.9 Å². The molecule has 5 heteroatoms.